The summed E-state index contributed by atoms with van der Waals surface area (Å²) in [6, 6.07) is 5.39. The molecule has 0 bridgehead atoms. The van der Waals surface area contributed by atoms with Crippen LogP contribution in [-0.4, -0.2) is 22.0 Å². The number of hydrogen-bond donors (Lipinski definition) is 2. The van der Waals surface area contributed by atoms with Gasteiger partial charge in [-0.3, -0.25) is 4.79 Å². The Labute approximate surface area is 106 Å². The average molecular weight is 267 g/mol. The molecule has 2 rings (SSSR count). The van der Waals surface area contributed by atoms with E-state index in [4.69, 9.17) is 21.1 Å². The molecule has 0 saturated heterocycles. The van der Waals surface area contributed by atoms with Crippen molar-refractivity contribution < 1.29 is 19.1 Å². The number of anilines is 1. The van der Waals surface area contributed by atoms with E-state index in [1.807, 2.05) is 0 Å². The normalized spacial score (nSPS) is 10.1. The highest BCUT2D eigenvalue weighted by Crippen LogP contribution is 2.15. The smallest absolute Gasteiger partial charge is 0.335 e. The number of furan rings is 1. The second-order valence-corrected chi connectivity index (χ2v) is 3.67. The van der Waals surface area contributed by atoms with Gasteiger partial charge in [-0.1, -0.05) is 0 Å². The minimum Gasteiger partial charge on any atom is -0.478 e. The van der Waals surface area contributed by atoms with E-state index < -0.39 is 11.9 Å². The molecule has 0 saturated carbocycles. The number of halogens is 1. The first-order chi connectivity index (χ1) is 8.56. The Balaban J connectivity index is 2.16. The Morgan fingerprint density at radius 1 is 1.33 bits per heavy atom. The number of hydrogen-bond acceptors (Lipinski definition) is 4. The predicted octanol–water partition coefficient (Wildman–Crippen LogP) is 2.28. The SMILES string of the molecule is O=C(O)c1ccnc(NC(=O)c2ccc(Cl)o2)c1. The van der Waals surface area contributed by atoms with Gasteiger partial charge in [0.1, 0.15) is 5.82 Å². The lowest BCUT2D eigenvalue weighted by molar-refractivity contribution is 0.0696. The van der Waals surface area contributed by atoms with Crippen molar-refractivity contribution in [3.63, 3.8) is 0 Å². The van der Waals surface area contributed by atoms with Gasteiger partial charge in [-0.25, -0.2) is 9.78 Å². The van der Waals surface area contributed by atoms with Crippen molar-refractivity contribution in [2.24, 2.45) is 0 Å². The maximum absolute atomic E-state index is 11.7. The topological polar surface area (TPSA) is 92.4 Å². The molecule has 0 aliphatic rings. The van der Waals surface area contributed by atoms with Crippen LogP contribution in [0.2, 0.25) is 5.22 Å². The first kappa shape index (κ1) is 12.1. The molecule has 0 fully saturated rings. The van der Waals surface area contributed by atoms with E-state index in [-0.39, 0.29) is 22.4 Å². The van der Waals surface area contributed by atoms with E-state index in [1.165, 1.54) is 30.5 Å². The highest BCUT2D eigenvalue weighted by molar-refractivity contribution is 6.29. The maximum atomic E-state index is 11.7. The molecule has 0 spiro atoms. The van der Waals surface area contributed by atoms with Crippen molar-refractivity contribution in [1.29, 1.82) is 0 Å². The molecule has 0 aliphatic carbocycles. The van der Waals surface area contributed by atoms with Crippen LogP contribution in [-0.2, 0) is 0 Å². The van der Waals surface area contributed by atoms with Gasteiger partial charge in [-0.15, -0.1) is 0 Å². The first-order valence-electron chi connectivity index (χ1n) is 4.82. The van der Waals surface area contributed by atoms with Crippen LogP contribution in [0.1, 0.15) is 20.9 Å². The van der Waals surface area contributed by atoms with Crippen LogP contribution >= 0.6 is 11.6 Å². The molecule has 0 unspecified atom stereocenters. The summed E-state index contributed by atoms with van der Waals surface area (Å²) < 4.78 is 4.90. The van der Waals surface area contributed by atoms with Gasteiger partial charge in [-0.05, 0) is 35.9 Å². The van der Waals surface area contributed by atoms with Crippen molar-refractivity contribution in [1.82, 2.24) is 4.98 Å². The predicted molar refractivity (Wildman–Crippen MR) is 62.9 cm³/mol. The molecule has 6 nitrogen and oxygen atoms in total. The van der Waals surface area contributed by atoms with E-state index in [1.54, 1.807) is 0 Å². The van der Waals surface area contributed by atoms with E-state index in [0.717, 1.165) is 0 Å². The molecule has 2 N–H and O–H groups in total. The number of carboxylic acids is 1. The molecule has 7 heteroatoms. The Morgan fingerprint density at radius 2 is 2.11 bits per heavy atom. The number of aromatic carboxylic acids is 1. The van der Waals surface area contributed by atoms with Gasteiger partial charge in [0.15, 0.2) is 11.0 Å². The third-order valence-electron chi connectivity index (χ3n) is 2.05. The lowest BCUT2D eigenvalue weighted by Crippen LogP contribution is -2.12. The first-order valence-corrected chi connectivity index (χ1v) is 5.20. The lowest BCUT2D eigenvalue weighted by Gasteiger charge is -2.02. The summed E-state index contributed by atoms with van der Waals surface area (Å²) in [5, 5.41) is 11.3. The van der Waals surface area contributed by atoms with Gasteiger partial charge >= 0.3 is 5.97 Å². The summed E-state index contributed by atoms with van der Waals surface area (Å²) in [6.07, 6.45) is 1.29. The highest BCUT2D eigenvalue weighted by Gasteiger charge is 2.12. The maximum Gasteiger partial charge on any atom is 0.335 e. The average Bonchev–Trinajstić information content (AvgIpc) is 2.76. The van der Waals surface area contributed by atoms with Gasteiger partial charge in [-0.2, -0.15) is 0 Å². The molecule has 18 heavy (non-hydrogen) atoms. The second kappa shape index (κ2) is 4.89. The van der Waals surface area contributed by atoms with Crippen molar-refractivity contribution in [2.75, 3.05) is 5.32 Å². The Kier molecular flexibility index (Phi) is 3.29. The molecule has 0 aliphatic heterocycles. The van der Waals surface area contributed by atoms with Crippen molar-refractivity contribution in [2.45, 2.75) is 0 Å². The zero-order valence-corrected chi connectivity index (χ0v) is 9.64. The summed E-state index contributed by atoms with van der Waals surface area (Å²) in [5.41, 5.74) is 0.0257. The van der Waals surface area contributed by atoms with Gasteiger partial charge in [0.05, 0.1) is 5.56 Å². The number of rotatable bonds is 3. The molecule has 0 atom stereocenters. The van der Waals surface area contributed by atoms with E-state index >= 15 is 0 Å². The minimum atomic E-state index is -1.10. The fourth-order valence-electron chi connectivity index (χ4n) is 1.25. The quantitative estimate of drug-likeness (QED) is 0.889. The van der Waals surface area contributed by atoms with E-state index in [9.17, 15) is 9.59 Å². The number of amides is 1. The van der Waals surface area contributed by atoms with Crippen LogP contribution in [0, 0.1) is 0 Å². The summed E-state index contributed by atoms with van der Waals surface area (Å²) in [5.74, 6) is -1.53. The number of carbonyl (C=O) groups is 2. The van der Waals surface area contributed by atoms with Crippen LogP contribution in [0.5, 0.6) is 0 Å². The van der Waals surface area contributed by atoms with E-state index in [0.29, 0.717) is 0 Å². The van der Waals surface area contributed by atoms with Crippen LogP contribution in [0.25, 0.3) is 0 Å². The zero-order valence-electron chi connectivity index (χ0n) is 8.88. The third kappa shape index (κ3) is 2.67. The van der Waals surface area contributed by atoms with E-state index in [2.05, 4.69) is 10.3 Å². The number of pyridine rings is 1. The van der Waals surface area contributed by atoms with Gasteiger partial charge < -0.3 is 14.8 Å². The fraction of sp³-hybridized carbons (Fsp3) is 0. The number of carbonyl (C=O) groups excluding carboxylic acids is 1. The van der Waals surface area contributed by atoms with Crippen LogP contribution < -0.4 is 5.32 Å². The Hall–Kier alpha value is -2.34. The fourth-order valence-corrected chi connectivity index (χ4v) is 1.39. The Bertz CT molecular complexity index is 609. The van der Waals surface area contributed by atoms with Crippen LogP contribution in [0.15, 0.2) is 34.9 Å². The number of carboxylic acid groups (broad SMARTS) is 1. The number of nitrogens with one attached hydrogen (secondary N) is 1. The van der Waals surface area contributed by atoms with Crippen LogP contribution in [0.4, 0.5) is 5.82 Å². The standard InChI is InChI=1S/C11H7ClN2O4/c12-8-2-1-7(18-8)10(15)14-9-5-6(11(16)17)3-4-13-9/h1-5H,(H,16,17)(H,13,14,15). The monoisotopic (exact) mass is 266 g/mol. The number of aromatic nitrogens is 1. The zero-order chi connectivity index (χ0) is 13.1. The van der Waals surface area contributed by atoms with Crippen molar-refractivity contribution in [3.8, 4) is 0 Å². The minimum absolute atomic E-state index is 0.0162. The molecule has 2 aromatic rings. The molecular formula is C11H7ClN2O4. The third-order valence-corrected chi connectivity index (χ3v) is 2.25. The molecule has 1 amide bonds. The summed E-state index contributed by atoms with van der Waals surface area (Å²) in [6.45, 7) is 0. The van der Waals surface area contributed by atoms with Crippen molar-refractivity contribution in [3.05, 3.63) is 47.0 Å². The lowest BCUT2D eigenvalue weighted by atomic mass is 10.2. The molecule has 0 aromatic carbocycles. The summed E-state index contributed by atoms with van der Waals surface area (Å²) in [4.78, 5) is 26.2. The van der Waals surface area contributed by atoms with Gasteiger partial charge in [0, 0.05) is 6.20 Å². The molecule has 2 aromatic heterocycles. The van der Waals surface area contributed by atoms with Crippen LogP contribution in [0.3, 0.4) is 0 Å². The highest BCUT2D eigenvalue weighted by atomic mass is 35.5. The van der Waals surface area contributed by atoms with Crippen molar-refractivity contribution >= 4 is 29.3 Å². The van der Waals surface area contributed by atoms with Gasteiger partial charge in [0.2, 0.25) is 0 Å². The second-order valence-electron chi connectivity index (χ2n) is 3.29. The molecular weight excluding hydrogens is 260 g/mol. The number of nitrogens with zero attached hydrogens (tertiary/aromatic N) is 1. The molecule has 2 heterocycles. The summed E-state index contributed by atoms with van der Waals surface area (Å²) in [7, 11) is 0. The molecule has 92 valence electrons. The Morgan fingerprint density at radius 3 is 2.72 bits per heavy atom. The molecule has 0 radical (unpaired) electrons. The summed E-state index contributed by atoms with van der Waals surface area (Å²) >= 11 is 5.53. The van der Waals surface area contributed by atoms with Gasteiger partial charge in [0.25, 0.3) is 5.91 Å². The largest absolute Gasteiger partial charge is 0.478 e.